The summed E-state index contributed by atoms with van der Waals surface area (Å²) in [7, 11) is 0. The smallest absolute Gasteiger partial charge is 0.0594 e. The summed E-state index contributed by atoms with van der Waals surface area (Å²) in [6, 6.07) is 0. The van der Waals surface area contributed by atoms with Crippen molar-refractivity contribution in [2.45, 2.75) is 16.3 Å². The van der Waals surface area contributed by atoms with Gasteiger partial charge in [0, 0.05) is 5.25 Å². The molecule has 52 valence electrons. The SMILES string of the molecule is SC1SC1CC1CSC1. The van der Waals surface area contributed by atoms with Gasteiger partial charge in [0.1, 0.15) is 0 Å². The minimum absolute atomic E-state index is 0.690. The third-order valence-corrected chi connectivity index (χ3v) is 5.28. The van der Waals surface area contributed by atoms with Crippen molar-refractivity contribution in [3.63, 3.8) is 0 Å². The van der Waals surface area contributed by atoms with Crippen LogP contribution in [0.4, 0.5) is 0 Å². The molecule has 2 aliphatic rings. The van der Waals surface area contributed by atoms with Crippen LogP contribution in [0.1, 0.15) is 6.42 Å². The average Bonchev–Trinajstić information content (AvgIpc) is 2.36. The lowest BCUT2D eigenvalue weighted by atomic mass is 10.1. The van der Waals surface area contributed by atoms with E-state index in [1.165, 1.54) is 17.9 Å². The summed E-state index contributed by atoms with van der Waals surface area (Å²) < 4.78 is 0.690. The summed E-state index contributed by atoms with van der Waals surface area (Å²) in [5, 5.41) is 0.916. The van der Waals surface area contributed by atoms with Gasteiger partial charge in [-0.2, -0.15) is 24.4 Å². The molecule has 2 saturated heterocycles. The second-order valence-corrected chi connectivity index (χ2v) is 6.07. The standard InChI is InChI=1S/C6H10S3/c7-6-5(9-6)1-4-2-8-3-4/h4-7H,1-3H2. The van der Waals surface area contributed by atoms with E-state index in [1.807, 2.05) is 11.8 Å². The van der Waals surface area contributed by atoms with Crippen molar-refractivity contribution in [3.05, 3.63) is 0 Å². The van der Waals surface area contributed by atoms with Crippen LogP contribution in [0.15, 0.2) is 0 Å². The maximum Gasteiger partial charge on any atom is 0.0594 e. The summed E-state index contributed by atoms with van der Waals surface area (Å²) in [4.78, 5) is 0. The fraction of sp³-hybridized carbons (Fsp3) is 1.00. The molecule has 0 saturated carbocycles. The van der Waals surface area contributed by atoms with Gasteiger partial charge in [-0.05, 0) is 23.8 Å². The van der Waals surface area contributed by atoms with E-state index >= 15 is 0 Å². The lowest BCUT2D eigenvalue weighted by Crippen LogP contribution is -2.19. The zero-order valence-corrected chi connectivity index (χ0v) is 7.64. The van der Waals surface area contributed by atoms with E-state index in [0.29, 0.717) is 4.58 Å². The van der Waals surface area contributed by atoms with Crippen molar-refractivity contribution in [2.24, 2.45) is 5.92 Å². The molecule has 0 spiro atoms. The van der Waals surface area contributed by atoms with Crippen LogP contribution < -0.4 is 0 Å². The van der Waals surface area contributed by atoms with Crippen molar-refractivity contribution in [2.75, 3.05) is 11.5 Å². The van der Waals surface area contributed by atoms with Crippen LogP contribution in [0.5, 0.6) is 0 Å². The molecule has 0 aromatic rings. The van der Waals surface area contributed by atoms with E-state index in [-0.39, 0.29) is 0 Å². The maximum absolute atomic E-state index is 4.37. The summed E-state index contributed by atoms with van der Waals surface area (Å²) in [6.07, 6.45) is 1.44. The monoisotopic (exact) mass is 178 g/mol. The molecule has 9 heavy (non-hydrogen) atoms. The highest BCUT2D eigenvalue weighted by Crippen LogP contribution is 2.49. The molecule has 2 rings (SSSR count). The predicted octanol–water partition coefficient (Wildman–Crippen LogP) is 2.11. The van der Waals surface area contributed by atoms with Crippen LogP contribution >= 0.6 is 36.2 Å². The topological polar surface area (TPSA) is 0 Å². The first-order chi connectivity index (χ1) is 4.36. The first kappa shape index (κ1) is 6.74. The summed E-state index contributed by atoms with van der Waals surface area (Å²) in [5.74, 6) is 3.87. The highest BCUT2D eigenvalue weighted by atomic mass is 32.2. The van der Waals surface area contributed by atoms with Gasteiger partial charge < -0.3 is 0 Å². The number of hydrogen-bond donors (Lipinski definition) is 1. The van der Waals surface area contributed by atoms with Crippen molar-refractivity contribution in [1.82, 2.24) is 0 Å². The zero-order chi connectivity index (χ0) is 6.27. The highest BCUT2D eigenvalue weighted by molar-refractivity contribution is 8.18. The van der Waals surface area contributed by atoms with Gasteiger partial charge in [0.15, 0.2) is 0 Å². The summed E-state index contributed by atoms with van der Waals surface area (Å²) in [6.45, 7) is 0. The van der Waals surface area contributed by atoms with Gasteiger partial charge in [0.2, 0.25) is 0 Å². The Morgan fingerprint density at radius 1 is 1.44 bits per heavy atom. The van der Waals surface area contributed by atoms with Crippen molar-refractivity contribution in [3.8, 4) is 0 Å². The Morgan fingerprint density at radius 2 is 2.11 bits per heavy atom. The molecule has 0 amide bonds. The molecular weight excluding hydrogens is 168 g/mol. The Kier molecular flexibility index (Phi) is 1.94. The molecule has 2 aliphatic heterocycles. The van der Waals surface area contributed by atoms with Gasteiger partial charge in [-0.15, -0.1) is 11.8 Å². The predicted molar refractivity (Wildman–Crippen MR) is 49.6 cm³/mol. The molecule has 0 bridgehead atoms. The van der Waals surface area contributed by atoms with Gasteiger partial charge in [0.05, 0.1) is 4.58 Å². The Balaban J connectivity index is 1.66. The van der Waals surface area contributed by atoms with Crippen LogP contribution in [0.25, 0.3) is 0 Å². The average molecular weight is 178 g/mol. The van der Waals surface area contributed by atoms with Crippen LogP contribution in [0.3, 0.4) is 0 Å². The Bertz CT molecular complexity index is 108. The molecule has 0 aromatic heterocycles. The highest BCUT2D eigenvalue weighted by Gasteiger charge is 2.37. The lowest BCUT2D eigenvalue weighted by Gasteiger charge is -2.23. The first-order valence-corrected chi connectivity index (χ1v) is 5.89. The summed E-state index contributed by atoms with van der Waals surface area (Å²) in [5.41, 5.74) is 0. The molecule has 0 nitrogen and oxygen atoms in total. The van der Waals surface area contributed by atoms with Crippen molar-refractivity contribution in [1.29, 1.82) is 0 Å². The van der Waals surface area contributed by atoms with E-state index in [2.05, 4.69) is 24.4 Å². The van der Waals surface area contributed by atoms with E-state index in [0.717, 1.165) is 11.2 Å². The largest absolute Gasteiger partial charge is 0.164 e. The van der Waals surface area contributed by atoms with Gasteiger partial charge in [0.25, 0.3) is 0 Å². The quantitative estimate of drug-likeness (QED) is 0.508. The zero-order valence-electron chi connectivity index (χ0n) is 5.12. The van der Waals surface area contributed by atoms with E-state index in [4.69, 9.17) is 0 Å². The minimum atomic E-state index is 0.690. The summed E-state index contributed by atoms with van der Waals surface area (Å²) >= 11 is 8.47. The van der Waals surface area contributed by atoms with Gasteiger partial charge >= 0.3 is 0 Å². The van der Waals surface area contributed by atoms with Crippen LogP contribution in [-0.4, -0.2) is 21.3 Å². The van der Waals surface area contributed by atoms with Crippen LogP contribution in [0, 0.1) is 5.92 Å². The second-order valence-electron chi connectivity index (χ2n) is 2.70. The van der Waals surface area contributed by atoms with Gasteiger partial charge in [-0.25, -0.2) is 0 Å². The molecule has 0 aromatic carbocycles. The molecule has 0 radical (unpaired) electrons. The maximum atomic E-state index is 4.37. The first-order valence-electron chi connectivity index (χ1n) is 3.27. The fourth-order valence-corrected chi connectivity index (χ4v) is 3.25. The molecular formula is C6H10S3. The van der Waals surface area contributed by atoms with Crippen molar-refractivity contribution < 1.29 is 0 Å². The van der Waals surface area contributed by atoms with Gasteiger partial charge in [-0.1, -0.05) is 0 Å². The Labute approximate surface area is 70.0 Å². The van der Waals surface area contributed by atoms with E-state index < -0.39 is 0 Å². The Hall–Kier alpha value is 1.05. The van der Waals surface area contributed by atoms with Gasteiger partial charge in [-0.3, -0.25) is 0 Å². The number of thioether (sulfide) groups is 2. The number of rotatable bonds is 2. The molecule has 3 heteroatoms. The molecule has 2 fully saturated rings. The third kappa shape index (κ3) is 1.55. The molecule has 2 unspecified atom stereocenters. The van der Waals surface area contributed by atoms with E-state index in [9.17, 15) is 0 Å². The Morgan fingerprint density at radius 3 is 2.44 bits per heavy atom. The van der Waals surface area contributed by atoms with E-state index in [1.54, 1.807) is 0 Å². The lowest BCUT2D eigenvalue weighted by molar-refractivity contribution is 0.592. The minimum Gasteiger partial charge on any atom is -0.164 e. The van der Waals surface area contributed by atoms with Crippen LogP contribution in [-0.2, 0) is 0 Å². The normalized spacial score (nSPS) is 42.3. The fourth-order valence-electron chi connectivity index (χ4n) is 1.05. The molecule has 0 N–H and O–H groups in total. The number of thiol groups is 1. The number of hydrogen-bond acceptors (Lipinski definition) is 3. The molecule has 2 atom stereocenters. The van der Waals surface area contributed by atoms with Crippen LogP contribution in [0.2, 0.25) is 0 Å². The molecule has 2 heterocycles. The third-order valence-electron chi connectivity index (χ3n) is 1.83. The molecule has 0 aliphatic carbocycles. The second kappa shape index (κ2) is 2.59. The van der Waals surface area contributed by atoms with Crippen molar-refractivity contribution >= 4 is 36.2 Å².